The molecule has 0 bridgehead atoms. The maximum atomic E-state index is 13.2. The molecule has 1 unspecified atom stereocenters. The number of aromatic nitrogens is 2. The van der Waals surface area contributed by atoms with Crippen LogP contribution < -0.4 is 17.0 Å². The van der Waals surface area contributed by atoms with Gasteiger partial charge in [-0.25, -0.2) is 14.2 Å². The van der Waals surface area contributed by atoms with Gasteiger partial charge in [0, 0.05) is 26.5 Å². The Labute approximate surface area is 194 Å². The van der Waals surface area contributed by atoms with Gasteiger partial charge in [0.15, 0.2) is 17.9 Å². The van der Waals surface area contributed by atoms with Crippen LogP contribution in [0.3, 0.4) is 0 Å². The zero-order chi connectivity index (χ0) is 25.1. The molecule has 1 saturated carbocycles. The second-order valence-corrected chi connectivity index (χ2v) is 10.3. The smallest absolute Gasteiger partial charge is 0.461 e. The molecule has 3 fully saturated rings. The number of phosphoric acid groups is 1. The Bertz CT molecular complexity index is 1120. The standard InChI is InChI=1S/C19H28N3O11P/c1-9(2)30-15(24)12(28-5)10(27-4)8-29-34(26)32-14-13-19(14,33-34)18(3,20)16(31-13)22-7-6-11(23)21-17(22)25/h6-7,9-10,12-14,16H,8,20H2,1-5H3,(H,21,23,25)/t10-,12-,13-,14?,16-,18+,19+,34+/m1/s1. The molecule has 0 aromatic carbocycles. The summed E-state index contributed by atoms with van der Waals surface area (Å²) in [6.45, 7) is 4.56. The maximum Gasteiger partial charge on any atom is 0.476 e. The largest absolute Gasteiger partial charge is 0.476 e. The highest BCUT2D eigenvalue weighted by Gasteiger charge is 2.89. The van der Waals surface area contributed by atoms with Crippen LogP contribution in [0.5, 0.6) is 0 Å². The third kappa shape index (κ3) is 3.88. The summed E-state index contributed by atoms with van der Waals surface area (Å²) in [6.07, 6.45) is -3.77. The van der Waals surface area contributed by atoms with Gasteiger partial charge in [-0.05, 0) is 20.8 Å². The molecule has 3 aliphatic rings. The topological polar surface area (TPSA) is 180 Å². The fourth-order valence-corrected chi connectivity index (χ4v) is 6.22. The first-order chi connectivity index (χ1) is 15.9. The fourth-order valence-electron chi connectivity index (χ4n) is 4.41. The van der Waals surface area contributed by atoms with Crippen LogP contribution in [0.1, 0.15) is 27.0 Å². The highest BCUT2D eigenvalue weighted by Crippen LogP contribution is 2.77. The molecule has 14 nitrogen and oxygen atoms in total. The number of phosphoric ester groups is 1. The highest BCUT2D eigenvalue weighted by molar-refractivity contribution is 7.48. The molecule has 2 aliphatic heterocycles. The summed E-state index contributed by atoms with van der Waals surface area (Å²) in [5.41, 5.74) is 2.50. The van der Waals surface area contributed by atoms with Crippen molar-refractivity contribution in [1.29, 1.82) is 0 Å². The first-order valence-corrected chi connectivity index (χ1v) is 12.0. The van der Waals surface area contributed by atoms with Gasteiger partial charge in [-0.3, -0.25) is 27.9 Å². The Morgan fingerprint density at radius 3 is 2.59 bits per heavy atom. The van der Waals surface area contributed by atoms with Crippen molar-refractivity contribution in [3.8, 4) is 0 Å². The minimum absolute atomic E-state index is 0.376. The van der Waals surface area contributed by atoms with Gasteiger partial charge < -0.3 is 24.7 Å². The summed E-state index contributed by atoms with van der Waals surface area (Å²) in [7, 11) is -1.51. The number of ether oxygens (including phenoxy) is 4. The average molecular weight is 505 g/mol. The van der Waals surface area contributed by atoms with Crippen LogP contribution in [0, 0.1) is 0 Å². The minimum Gasteiger partial charge on any atom is -0.461 e. The van der Waals surface area contributed by atoms with Crippen molar-refractivity contribution in [3.05, 3.63) is 33.1 Å². The Morgan fingerprint density at radius 2 is 2.00 bits per heavy atom. The molecule has 1 spiro atoms. The third-order valence-electron chi connectivity index (χ3n) is 6.13. The summed E-state index contributed by atoms with van der Waals surface area (Å²) in [5.74, 6) is -0.672. The van der Waals surface area contributed by atoms with Crippen molar-refractivity contribution < 1.29 is 41.9 Å². The number of nitrogens with two attached hydrogens (primary N) is 1. The normalized spacial score (nSPS) is 37.8. The van der Waals surface area contributed by atoms with Crippen molar-refractivity contribution in [2.75, 3.05) is 20.8 Å². The van der Waals surface area contributed by atoms with Crippen molar-refractivity contribution >= 4 is 13.8 Å². The van der Waals surface area contributed by atoms with Crippen molar-refractivity contribution in [2.45, 2.75) is 68.7 Å². The van der Waals surface area contributed by atoms with Gasteiger partial charge in [0.1, 0.15) is 18.3 Å². The molecule has 1 aromatic heterocycles. The summed E-state index contributed by atoms with van der Waals surface area (Å²) < 4.78 is 52.5. The first-order valence-electron chi connectivity index (χ1n) is 10.6. The Morgan fingerprint density at radius 1 is 1.29 bits per heavy atom. The Hall–Kier alpha value is -1.90. The van der Waals surface area contributed by atoms with Gasteiger partial charge in [0.05, 0.1) is 18.2 Å². The molecule has 2 saturated heterocycles. The monoisotopic (exact) mass is 505 g/mol. The van der Waals surface area contributed by atoms with E-state index in [4.69, 9.17) is 38.3 Å². The Kier molecular flexibility index (Phi) is 6.41. The van der Waals surface area contributed by atoms with Crippen LogP contribution in [0.4, 0.5) is 0 Å². The molecule has 0 amide bonds. The number of rotatable bonds is 9. The summed E-state index contributed by atoms with van der Waals surface area (Å²) >= 11 is 0. The molecule has 0 radical (unpaired) electrons. The number of nitrogens with one attached hydrogen (secondary N) is 1. The molecule has 1 aliphatic carbocycles. The molecule has 8 atom stereocenters. The second kappa shape index (κ2) is 8.64. The number of H-pyrrole nitrogens is 1. The lowest BCUT2D eigenvalue weighted by molar-refractivity contribution is -0.169. The van der Waals surface area contributed by atoms with Gasteiger partial charge >= 0.3 is 19.5 Å². The maximum absolute atomic E-state index is 13.2. The number of esters is 1. The van der Waals surface area contributed by atoms with E-state index in [1.165, 1.54) is 20.4 Å². The van der Waals surface area contributed by atoms with E-state index in [0.717, 1.165) is 10.6 Å². The Balaban J connectivity index is 1.47. The van der Waals surface area contributed by atoms with Crippen LogP contribution in [0.25, 0.3) is 0 Å². The van der Waals surface area contributed by atoms with Crippen LogP contribution in [-0.4, -0.2) is 78.0 Å². The zero-order valence-corrected chi connectivity index (χ0v) is 20.2. The number of hydrogen-bond acceptors (Lipinski definition) is 12. The van der Waals surface area contributed by atoms with Gasteiger partial charge in [-0.1, -0.05) is 0 Å². The molecule has 4 rings (SSSR count). The quantitative estimate of drug-likeness (QED) is 0.323. The minimum atomic E-state index is -4.14. The van der Waals surface area contributed by atoms with E-state index in [2.05, 4.69) is 4.98 Å². The van der Waals surface area contributed by atoms with Crippen molar-refractivity contribution in [1.82, 2.24) is 9.55 Å². The molecule has 190 valence electrons. The van der Waals surface area contributed by atoms with Crippen molar-refractivity contribution in [3.63, 3.8) is 0 Å². The molecule has 15 heteroatoms. The molecule has 3 N–H and O–H groups in total. The van der Waals surface area contributed by atoms with Gasteiger partial charge in [-0.2, -0.15) is 0 Å². The molecular weight excluding hydrogens is 477 g/mol. The summed E-state index contributed by atoms with van der Waals surface area (Å²) in [4.78, 5) is 38.0. The number of carbonyl (C=O) groups excluding carboxylic acids is 1. The summed E-state index contributed by atoms with van der Waals surface area (Å²) in [6, 6.07) is 1.15. The molecule has 34 heavy (non-hydrogen) atoms. The predicted molar refractivity (Wildman–Crippen MR) is 113 cm³/mol. The van der Waals surface area contributed by atoms with Crippen molar-refractivity contribution in [2.24, 2.45) is 5.73 Å². The molecule has 3 heterocycles. The number of carbonyl (C=O) groups is 1. The van der Waals surface area contributed by atoms with E-state index in [1.54, 1.807) is 20.8 Å². The van der Waals surface area contributed by atoms with Crippen LogP contribution in [-0.2, 0) is 41.9 Å². The van der Waals surface area contributed by atoms with Gasteiger partial charge in [0.25, 0.3) is 5.56 Å². The first kappa shape index (κ1) is 25.2. The lowest BCUT2D eigenvalue weighted by atomic mass is 9.92. The average Bonchev–Trinajstić information content (AvgIpc) is 3.06. The van der Waals surface area contributed by atoms with Gasteiger partial charge in [-0.15, -0.1) is 0 Å². The SMILES string of the molecule is CO[C@H](CO[P@@]1(=O)OC2[C@H]3O[C@@H](n4ccc(=O)[nH]c4=O)[C@](C)(N)[C@@]23O1)[C@@H](OC)C(=O)OC(C)C. The number of nitrogens with zero attached hydrogens (tertiary/aromatic N) is 1. The van der Waals surface area contributed by atoms with E-state index in [1.807, 2.05) is 0 Å². The molecule has 1 aromatic rings. The number of aromatic amines is 1. The zero-order valence-electron chi connectivity index (χ0n) is 19.3. The predicted octanol–water partition coefficient (Wildman–Crippen LogP) is -0.574. The van der Waals surface area contributed by atoms with Crippen LogP contribution in [0.2, 0.25) is 0 Å². The van der Waals surface area contributed by atoms with E-state index in [-0.39, 0.29) is 12.7 Å². The lowest BCUT2D eigenvalue weighted by Gasteiger charge is -2.33. The van der Waals surface area contributed by atoms with Crippen LogP contribution in [0.15, 0.2) is 21.9 Å². The van der Waals surface area contributed by atoms with Gasteiger partial charge in [0.2, 0.25) is 0 Å². The second-order valence-electron chi connectivity index (χ2n) is 8.78. The molecular formula is C19H28N3O11P. The number of methoxy groups -OCH3 is 2. The number of fused-ring (bicyclic) bond motifs is 1. The lowest BCUT2D eigenvalue weighted by Crippen LogP contribution is -2.57. The van der Waals surface area contributed by atoms with E-state index in [9.17, 15) is 18.9 Å². The van der Waals surface area contributed by atoms with E-state index in [0.29, 0.717) is 0 Å². The number of hydrogen-bond donors (Lipinski definition) is 2. The van der Waals surface area contributed by atoms with E-state index < -0.39 is 66.8 Å². The van der Waals surface area contributed by atoms with Crippen LogP contribution >= 0.6 is 7.82 Å². The third-order valence-corrected chi connectivity index (χ3v) is 7.60. The summed E-state index contributed by atoms with van der Waals surface area (Å²) in [5, 5.41) is 0. The highest BCUT2D eigenvalue weighted by atomic mass is 31.2. The fraction of sp³-hybridized carbons (Fsp3) is 0.737. The van der Waals surface area contributed by atoms with E-state index >= 15 is 0 Å².